The smallest absolute Gasteiger partial charge is 0.256 e. The van der Waals surface area contributed by atoms with Gasteiger partial charge in [0.1, 0.15) is 18.0 Å². The van der Waals surface area contributed by atoms with E-state index >= 15 is 0 Å². The molecule has 0 radical (unpaired) electrons. The maximum absolute atomic E-state index is 12.8. The van der Waals surface area contributed by atoms with Gasteiger partial charge in [0.15, 0.2) is 0 Å². The Kier molecular flexibility index (Phi) is 9.95. The fraction of sp³-hybridized carbons (Fsp3) is 0.708. The van der Waals surface area contributed by atoms with Crippen LogP contribution in [-0.2, 0) is 9.53 Å². The van der Waals surface area contributed by atoms with Crippen molar-refractivity contribution in [2.75, 3.05) is 38.2 Å². The number of amides is 1. The molecule has 0 unspecified atom stereocenters. The molecule has 0 saturated carbocycles. The molecule has 0 bridgehead atoms. The quantitative estimate of drug-likeness (QED) is 0.492. The fourth-order valence-electron chi connectivity index (χ4n) is 3.96. The van der Waals surface area contributed by atoms with Gasteiger partial charge in [-0.05, 0) is 69.8 Å². The number of piperidine rings is 1. The number of nitrogens with one attached hydrogen (secondary N) is 1. The summed E-state index contributed by atoms with van der Waals surface area (Å²) >= 11 is 0. The Morgan fingerprint density at radius 1 is 1.24 bits per heavy atom. The third-order valence-electron chi connectivity index (χ3n) is 5.73. The van der Waals surface area contributed by atoms with Gasteiger partial charge in [0.25, 0.3) is 5.91 Å². The summed E-state index contributed by atoms with van der Waals surface area (Å²) in [6.07, 6.45) is 6.58. The predicted octanol–water partition coefficient (Wildman–Crippen LogP) is 5.11. The molecule has 29 heavy (non-hydrogen) atoms. The van der Waals surface area contributed by atoms with Crippen molar-refractivity contribution in [2.24, 2.45) is 5.92 Å². The summed E-state index contributed by atoms with van der Waals surface area (Å²) in [5.41, 5.74) is -0.0152. The van der Waals surface area contributed by atoms with E-state index in [4.69, 9.17) is 9.47 Å². The van der Waals surface area contributed by atoms with Gasteiger partial charge < -0.3 is 14.8 Å². The molecular weight excluding hydrogens is 364 g/mol. The van der Waals surface area contributed by atoms with Gasteiger partial charge in [0, 0.05) is 25.4 Å². The average molecular weight is 405 g/mol. The number of rotatable bonds is 12. The highest BCUT2D eigenvalue weighted by atomic mass is 16.5. The lowest BCUT2D eigenvalue weighted by molar-refractivity contribution is -0.139. The number of hydrogen-bond donors (Lipinski definition) is 1. The van der Waals surface area contributed by atoms with E-state index in [1.54, 1.807) is 0 Å². The molecule has 0 aliphatic carbocycles. The van der Waals surface area contributed by atoms with E-state index in [2.05, 4.69) is 24.1 Å². The monoisotopic (exact) mass is 404 g/mol. The Morgan fingerprint density at radius 2 is 2.00 bits per heavy atom. The summed E-state index contributed by atoms with van der Waals surface area (Å²) in [6, 6.07) is 7.64. The van der Waals surface area contributed by atoms with E-state index in [-0.39, 0.29) is 5.91 Å². The Hall–Kier alpha value is -1.59. The van der Waals surface area contributed by atoms with Gasteiger partial charge >= 0.3 is 0 Å². The number of ether oxygens (including phenoxy) is 2. The summed E-state index contributed by atoms with van der Waals surface area (Å²) in [5.74, 6) is 1.54. The molecule has 1 saturated heterocycles. The SMILES string of the molecule is CCCCC[C@@](C)(OCC)C(=O)Nc1ccc(OCCN2CCC[C@@H](C)C2)cc1. The zero-order valence-corrected chi connectivity index (χ0v) is 18.8. The zero-order chi connectivity index (χ0) is 21.1. The third kappa shape index (κ3) is 7.98. The second kappa shape index (κ2) is 12.2. The minimum atomic E-state index is -0.787. The van der Waals surface area contributed by atoms with Crippen LogP contribution in [0.2, 0.25) is 0 Å². The Balaban J connectivity index is 1.81. The van der Waals surface area contributed by atoms with E-state index in [0.29, 0.717) is 13.2 Å². The number of likely N-dealkylation sites (tertiary alicyclic amines) is 1. The molecule has 164 valence electrons. The lowest BCUT2D eigenvalue weighted by Gasteiger charge is -2.30. The number of carbonyl (C=O) groups excluding carboxylic acids is 1. The Bertz CT molecular complexity index is 605. The van der Waals surface area contributed by atoms with Gasteiger partial charge in [-0.15, -0.1) is 0 Å². The molecule has 1 amide bonds. The third-order valence-corrected chi connectivity index (χ3v) is 5.73. The molecule has 0 aromatic heterocycles. The summed E-state index contributed by atoms with van der Waals surface area (Å²) in [7, 11) is 0. The molecular formula is C24H40N2O3. The second-order valence-electron chi connectivity index (χ2n) is 8.50. The van der Waals surface area contributed by atoms with Crippen LogP contribution in [0.3, 0.4) is 0 Å². The van der Waals surface area contributed by atoms with Gasteiger partial charge in [-0.2, -0.15) is 0 Å². The van der Waals surface area contributed by atoms with Crippen molar-refractivity contribution in [3.05, 3.63) is 24.3 Å². The van der Waals surface area contributed by atoms with E-state index in [9.17, 15) is 4.79 Å². The van der Waals surface area contributed by atoms with Crippen molar-refractivity contribution in [3.8, 4) is 5.75 Å². The molecule has 2 rings (SSSR count). The van der Waals surface area contributed by atoms with Crippen molar-refractivity contribution in [1.82, 2.24) is 4.90 Å². The lowest BCUT2D eigenvalue weighted by Crippen LogP contribution is -2.42. The van der Waals surface area contributed by atoms with Crippen LogP contribution in [0.15, 0.2) is 24.3 Å². The van der Waals surface area contributed by atoms with Crippen LogP contribution < -0.4 is 10.1 Å². The molecule has 1 N–H and O–H groups in total. The van der Waals surface area contributed by atoms with E-state index in [0.717, 1.165) is 49.6 Å². The average Bonchev–Trinajstić information content (AvgIpc) is 2.70. The molecule has 5 nitrogen and oxygen atoms in total. The molecule has 1 aliphatic heterocycles. The number of hydrogen-bond acceptors (Lipinski definition) is 4. The van der Waals surface area contributed by atoms with Crippen molar-refractivity contribution in [1.29, 1.82) is 0 Å². The summed E-state index contributed by atoms with van der Waals surface area (Å²) in [5, 5.41) is 3.01. The van der Waals surface area contributed by atoms with E-state index < -0.39 is 5.60 Å². The van der Waals surface area contributed by atoms with E-state index in [1.807, 2.05) is 38.1 Å². The van der Waals surface area contributed by atoms with Crippen molar-refractivity contribution >= 4 is 11.6 Å². The van der Waals surface area contributed by atoms with Crippen LogP contribution in [0.5, 0.6) is 5.75 Å². The van der Waals surface area contributed by atoms with Crippen LogP contribution in [0.25, 0.3) is 0 Å². The molecule has 1 aromatic carbocycles. The minimum Gasteiger partial charge on any atom is -0.492 e. The highest BCUT2D eigenvalue weighted by Crippen LogP contribution is 2.23. The fourth-order valence-corrected chi connectivity index (χ4v) is 3.96. The number of unbranched alkanes of at least 4 members (excludes halogenated alkanes) is 2. The predicted molar refractivity (Wildman–Crippen MR) is 120 cm³/mol. The molecule has 0 spiro atoms. The van der Waals surface area contributed by atoms with Gasteiger partial charge in [-0.25, -0.2) is 0 Å². The Labute approximate surface area is 177 Å². The molecule has 1 aliphatic rings. The Morgan fingerprint density at radius 3 is 2.66 bits per heavy atom. The number of carbonyl (C=O) groups is 1. The van der Waals surface area contributed by atoms with Gasteiger partial charge in [-0.1, -0.05) is 33.1 Å². The lowest BCUT2D eigenvalue weighted by atomic mass is 9.96. The van der Waals surface area contributed by atoms with Crippen molar-refractivity contribution in [3.63, 3.8) is 0 Å². The van der Waals surface area contributed by atoms with Gasteiger partial charge in [0.2, 0.25) is 0 Å². The van der Waals surface area contributed by atoms with E-state index in [1.165, 1.54) is 25.9 Å². The van der Waals surface area contributed by atoms with Crippen molar-refractivity contribution < 1.29 is 14.3 Å². The van der Waals surface area contributed by atoms with Crippen LogP contribution in [0, 0.1) is 5.92 Å². The maximum Gasteiger partial charge on any atom is 0.256 e. The summed E-state index contributed by atoms with van der Waals surface area (Å²) < 4.78 is 11.7. The first-order valence-electron chi connectivity index (χ1n) is 11.4. The highest BCUT2D eigenvalue weighted by molar-refractivity contribution is 5.97. The first-order chi connectivity index (χ1) is 14.0. The molecule has 1 aromatic rings. The zero-order valence-electron chi connectivity index (χ0n) is 18.8. The van der Waals surface area contributed by atoms with Crippen molar-refractivity contribution in [2.45, 2.75) is 71.8 Å². The highest BCUT2D eigenvalue weighted by Gasteiger charge is 2.33. The number of benzene rings is 1. The number of nitrogens with zero attached hydrogens (tertiary/aromatic N) is 1. The topological polar surface area (TPSA) is 50.8 Å². The first-order valence-corrected chi connectivity index (χ1v) is 11.4. The van der Waals surface area contributed by atoms with Crippen LogP contribution in [0.1, 0.15) is 66.2 Å². The minimum absolute atomic E-state index is 0.0802. The molecule has 1 fully saturated rings. The summed E-state index contributed by atoms with van der Waals surface area (Å²) in [4.78, 5) is 15.3. The summed E-state index contributed by atoms with van der Waals surface area (Å²) in [6.45, 7) is 12.8. The molecule has 2 atom stereocenters. The number of anilines is 1. The molecule has 5 heteroatoms. The van der Waals surface area contributed by atoms with Gasteiger partial charge in [0.05, 0.1) is 0 Å². The van der Waals surface area contributed by atoms with Crippen LogP contribution in [-0.4, -0.2) is 49.3 Å². The standard InChI is InChI=1S/C24H40N2O3/c1-5-7-8-15-24(4,29-6-2)23(27)25-21-11-13-22(14-12-21)28-18-17-26-16-9-10-20(3)19-26/h11-14,20H,5-10,15-19H2,1-4H3,(H,25,27)/t20-,24-/m1/s1. The largest absolute Gasteiger partial charge is 0.492 e. The molecule has 1 heterocycles. The van der Waals surface area contributed by atoms with Gasteiger partial charge in [-0.3, -0.25) is 9.69 Å². The normalized spacial score (nSPS) is 19.5. The first kappa shape index (κ1) is 23.7. The van der Waals surface area contributed by atoms with Crippen LogP contribution >= 0.6 is 0 Å². The van der Waals surface area contributed by atoms with Crippen LogP contribution in [0.4, 0.5) is 5.69 Å². The second-order valence-corrected chi connectivity index (χ2v) is 8.50. The maximum atomic E-state index is 12.8.